The monoisotopic (exact) mass is 259 g/mol. The Bertz CT molecular complexity index is 499. The van der Waals surface area contributed by atoms with Crippen molar-refractivity contribution in [3.63, 3.8) is 0 Å². The molecule has 4 N–H and O–H groups in total. The number of nitrogens with two attached hydrogens (primary N) is 1. The molecule has 1 rings (SSSR count). The van der Waals surface area contributed by atoms with E-state index in [1.165, 1.54) is 12.1 Å². The molecule has 0 amide bonds. The molecule has 17 heavy (non-hydrogen) atoms. The van der Waals surface area contributed by atoms with Crippen molar-refractivity contribution in [1.29, 1.82) is 5.41 Å². The van der Waals surface area contributed by atoms with Crippen LogP contribution in [0.5, 0.6) is 0 Å². The number of nitrogens with one attached hydrogen (secondary N) is 2. The van der Waals surface area contributed by atoms with Crippen LogP contribution in [0.4, 0.5) is 4.39 Å². The van der Waals surface area contributed by atoms with Gasteiger partial charge < -0.3 is 5.73 Å². The molecular weight excluding hydrogens is 245 g/mol. The quantitative estimate of drug-likeness (QED) is 0.536. The maximum Gasteiger partial charge on any atom is 0.240 e. The van der Waals surface area contributed by atoms with Gasteiger partial charge in [0.2, 0.25) is 10.0 Å². The van der Waals surface area contributed by atoms with Crippen LogP contribution in [0.25, 0.3) is 0 Å². The fourth-order valence-electron chi connectivity index (χ4n) is 1.04. The normalized spacial score (nSPS) is 13.3. The molecule has 0 bridgehead atoms. The third-order valence-electron chi connectivity index (χ3n) is 2.23. The summed E-state index contributed by atoms with van der Waals surface area (Å²) < 4.78 is 38.4. The fraction of sp³-hybridized carbons (Fsp3) is 0.300. The molecule has 94 valence electrons. The molecule has 0 heterocycles. The molecule has 0 aliphatic carbocycles. The molecule has 7 heteroatoms. The SMILES string of the molecule is CC(CNS(=O)(=O)c1ccc(F)cc1)C(=N)N. The van der Waals surface area contributed by atoms with E-state index in [1.807, 2.05) is 0 Å². The first-order valence-electron chi connectivity index (χ1n) is 4.92. The molecule has 1 aromatic rings. The van der Waals surface area contributed by atoms with Crippen molar-refractivity contribution in [2.75, 3.05) is 6.54 Å². The van der Waals surface area contributed by atoms with Crippen molar-refractivity contribution in [1.82, 2.24) is 4.72 Å². The van der Waals surface area contributed by atoms with Crippen LogP contribution in [-0.4, -0.2) is 20.8 Å². The summed E-state index contributed by atoms with van der Waals surface area (Å²) in [5, 5.41) is 7.13. The molecule has 0 saturated heterocycles. The molecule has 0 aromatic heterocycles. The average molecular weight is 259 g/mol. The predicted octanol–water partition coefficient (Wildman–Crippen LogP) is 0.676. The van der Waals surface area contributed by atoms with Gasteiger partial charge in [0.05, 0.1) is 10.7 Å². The van der Waals surface area contributed by atoms with Crippen LogP contribution in [0.1, 0.15) is 6.92 Å². The number of benzene rings is 1. The molecule has 0 saturated carbocycles. The summed E-state index contributed by atoms with van der Waals surface area (Å²) in [5.41, 5.74) is 5.22. The first-order chi connectivity index (χ1) is 7.83. The zero-order valence-corrected chi connectivity index (χ0v) is 10.1. The van der Waals surface area contributed by atoms with Crippen LogP contribution in [0.15, 0.2) is 29.2 Å². The summed E-state index contributed by atoms with van der Waals surface area (Å²) in [6.45, 7) is 1.67. The minimum Gasteiger partial charge on any atom is -0.387 e. The molecular formula is C10H14FN3O2S. The maximum absolute atomic E-state index is 12.6. The average Bonchev–Trinajstić information content (AvgIpc) is 2.26. The van der Waals surface area contributed by atoms with Crippen molar-refractivity contribution in [2.45, 2.75) is 11.8 Å². The maximum atomic E-state index is 12.6. The summed E-state index contributed by atoms with van der Waals surface area (Å²) in [7, 11) is -3.67. The second-order valence-electron chi connectivity index (χ2n) is 3.66. The highest BCUT2D eigenvalue weighted by atomic mass is 32.2. The summed E-state index contributed by atoms with van der Waals surface area (Å²) in [4.78, 5) is -0.0188. The Balaban J connectivity index is 2.76. The van der Waals surface area contributed by atoms with E-state index in [9.17, 15) is 12.8 Å². The Labute approximate surface area is 99.4 Å². The summed E-state index contributed by atoms with van der Waals surface area (Å²) in [6.07, 6.45) is 0. The lowest BCUT2D eigenvalue weighted by molar-refractivity contribution is 0.573. The van der Waals surface area contributed by atoms with Gasteiger partial charge in [-0.3, -0.25) is 5.41 Å². The number of amidine groups is 1. The van der Waals surface area contributed by atoms with E-state index in [0.29, 0.717) is 0 Å². The van der Waals surface area contributed by atoms with Gasteiger partial charge in [-0.25, -0.2) is 17.5 Å². The van der Waals surface area contributed by atoms with E-state index >= 15 is 0 Å². The second kappa shape index (κ2) is 5.24. The van der Waals surface area contributed by atoms with Crippen LogP contribution in [0.3, 0.4) is 0 Å². The van der Waals surface area contributed by atoms with Gasteiger partial charge in [0.25, 0.3) is 0 Å². The van der Waals surface area contributed by atoms with Gasteiger partial charge in [-0.05, 0) is 24.3 Å². The summed E-state index contributed by atoms with van der Waals surface area (Å²) in [5.74, 6) is -0.974. The smallest absolute Gasteiger partial charge is 0.240 e. The second-order valence-corrected chi connectivity index (χ2v) is 5.43. The number of halogens is 1. The lowest BCUT2D eigenvalue weighted by atomic mass is 10.2. The third-order valence-corrected chi connectivity index (χ3v) is 3.67. The Morgan fingerprint density at radius 3 is 2.47 bits per heavy atom. The molecule has 0 spiro atoms. The highest BCUT2D eigenvalue weighted by molar-refractivity contribution is 7.89. The molecule has 0 fully saturated rings. The summed E-state index contributed by atoms with van der Waals surface area (Å²) in [6, 6.07) is 4.50. The van der Waals surface area contributed by atoms with Gasteiger partial charge in [0, 0.05) is 12.5 Å². The zero-order valence-electron chi connectivity index (χ0n) is 9.27. The van der Waals surface area contributed by atoms with Crippen LogP contribution in [0.2, 0.25) is 0 Å². The van der Waals surface area contributed by atoms with Crippen molar-refractivity contribution < 1.29 is 12.8 Å². The van der Waals surface area contributed by atoms with E-state index in [1.54, 1.807) is 6.92 Å². The molecule has 1 aromatic carbocycles. The van der Waals surface area contributed by atoms with Crippen molar-refractivity contribution in [3.05, 3.63) is 30.1 Å². The van der Waals surface area contributed by atoms with Crippen LogP contribution >= 0.6 is 0 Å². The van der Waals surface area contributed by atoms with Crippen LogP contribution in [0, 0.1) is 17.1 Å². The van der Waals surface area contributed by atoms with Gasteiger partial charge in [-0.1, -0.05) is 6.92 Å². The predicted molar refractivity (Wildman–Crippen MR) is 62.7 cm³/mol. The number of hydrogen-bond donors (Lipinski definition) is 3. The van der Waals surface area contributed by atoms with E-state index in [4.69, 9.17) is 11.1 Å². The van der Waals surface area contributed by atoms with Crippen molar-refractivity contribution >= 4 is 15.9 Å². The zero-order chi connectivity index (χ0) is 13.1. The van der Waals surface area contributed by atoms with Gasteiger partial charge >= 0.3 is 0 Å². The van der Waals surface area contributed by atoms with Gasteiger partial charge in [0.15, 0.2) is 0 Å². The topological polar surface area (TPSA) is 96.0 Å². The molecule has 0 radical (unpaired) electrons. The van der Waals surface area contributed by atoms with Gasteiger partial charge in [-0.15, -0.1) is 0 Å². The highest BCUT2D eigenvalue weighted by Gasteiger charge is 2.15. The Morgan fingerprint density at radius 1 is 1.47 bits per heavy atom. The largest absolute Gasteiger partial charge is 0.387 e. The van der Waals surface area contributed by atoms with Gasteiger partial charge in [0.1, 0.15) is 5.82 Å². The van der Waals surface area contributed by atoms with Gasteiger partial charge in [-0.2, -0.15) is 0 Å². The van der Waals surface area contributed by atoms with Crippen LogP contribution in [-0.2, 0) is 10.0 Å². The van der Waals surface area contributed by atoms with Crippen molar-refractivity contribution in [2.24, 2.45) is 11.7 Å². The molecule has 5 nitrogen and oxygen atoms in total. The Morgan fingerprint density at radius 2 is 2.00 bits per heavy atom. The van der Waals surface area contributed by atoms with Crippen molar-refractivity contribution in [3.8, 4) is 0 Å². The summed E-state index contributed by atoms with van der Waals surface area (Å²) >= 11 is 0. The third kappa shape index (κ3) is 3.79. The molecule has 0 aliphatic rings. The first kappa shape index (κ1) is 13.6. The highest BCUT2D eigenvalue weighted by Crippen LogP contribution is 2.09. The van der Waals surface area contributed by atoms with E-state index in [-0.39, 0.29) is 23.2 Å². The minimum atomic E-state index is -3.67. The molecule has 1 unspecified atom stereocenters. The Kier molecular flexibility index (Phi) is 4.19. The number of rotatable bonds is 5. The Hall–Kier alpha value is -1.47. The molecule has 1 atom stereocenters. The first-order valence-corrected chi connectivity index (χ1v) is 6.40. The number of hydrogen-bond acceptors (Lipinski definition) is 3. The standard InChI is InChI=1S/C10H14FN3O2S/c1-7(10(12)13)6-14-17(15,16)9-4-2-8(11)3-5-9/h2-5,7,14H,6H2,1H3,(H3,12,13). The minimum absolute atomic E-state index is 0.0188. The van der Waals surface area contributed by atoms with E-state index in [0.717, 1.165) is 12.1 Å². The number of sulfonamides is 1. The van der Waals surface area contributed by atoms with E-state index in [2.05, 4.69) is 4.72 Å². The fourth-order valence-corrected chi connectivity index (χ4v) is 2.17. The van der Waals surface area contributed by atoms with E-state index < -0.39 is 15.8 Å². The lowest BCUT2D eigenvalue weighted by Gasteiger charge is -2.11. The van der Waals surface area contributed by atoms with Crippen LogP contribution < -0.4 is 10.5 Å². The lowest BCUT2D eigenvalue weighted by Crippen LogP contribution is -2.34. The molecule has 0 aliphatic heterocycles.